The lowest BCUT2D eigenvalue weighted by molar-refractivity contribution is -0.139. The first-order valence-corrected chi connectivity index (χ1v) is 13.1. The summed E-state index contributed by atoms with van der Waals surface area (Å²) in [5, 5.41) is 14.8. The van der Waals surface area contributed by atoms with Gasteiger partial charge in [-0.3, -0.25) is 0 Å². The molecule has 1 N–H and O–H groups in total. The van der Waals surface area contributed by atoms with Crippen molar-refractivity contribution in [2.24, 2.45) is 0 Å². The van der Waals surface area contributed by atoms with E-state index in [1.54, 1.807) is 49.2 Å². The van der Waals surface area contributed by atoms with Crippen LogP contribution in [0.4, 0.5) is 0 Å². The van der Waals surface area contributed by atoms with Crippen LogP contribution in [0.3, 0.4) is 0 Å². The molecule has 0 aliphatic carbocycles. The minimum atomic E-state index is -1.09. The van der Waals surface area contributed by atoms with E-state index in [0.29, 0.717) is 51.6 Å². The minimum absolute atomic E-state index is 0.351. The zero-order valence-corrected chi connectivity index (χ0v) is 23.2. The SMILES string of the molecule is COc1cccc(-c2cc(-c3cc(OCc4ccccc4)ccc3OCC(=O)O)nn2-c2ccc(Cl)cc2)c1OC. The molecule has 0 atom stereocenters. The third-order valence-electron chi connectivity index (χ3n) is 6.29. The number of ether oxygens (including phenoxy) is 4. The van der Waals surface area contributed by atoms with Gasteiger partial charge in [0.1, 0.15) is 18.1 Å². The number of aliphatic carboxylic acids is 1. The van der Waals surface area contributed by atoms with Gasteiger partial charge in [-0.25, -0.2) is 9.48 Å². The highest BCUT2D eigenvalue weighted by Gasteiger charge is 2.21. The third-order valence-corrected chi connectivity index (χ3v) is 6.54. The van der Waals surface area contributed by atoms with E-state index in [2.05, 4.69) is 0 Å². The number of hydrogen-bond donors (Lipinski definition) is 1. The lowest BCUT2D eigenvalue weighted by Gasteiger charge is -2.14. The van der Waals surface area contributed by atoms with Crippen LogP contribution in [0.5, 0.6) is 23.0 Å². The molecule has 0 radical (unpaired) electrons. The molecule has 5 rings (SSSR count). The van der Waals surface area contributed by atoms with Crippen LogP contribution in [0.15, 0.2) is 97.1 Å². The number of carboxylic acids is 1. The van der Waals surface area contributed by atoms with E-state index >= 15 is 0 Å². The maximum atomic E-state index is 11.3. The van der Waals surface area contributed by atoms with Crippen LogP contribution in [0, 0.1) is 0 Å². The van der Waals surface area contributed by atoms with Gasteiger partial charge in [-0.15, -0.1) is 0 Å². The molecule has 0 aliphatic heterocycles. The van der Waals surface area contributed by atoms with Crippen molar-refractivity contribution in [1.82, 2.24) is 9.78 Å². The van der Waals surface area contributed by atoms with Crippen LogP contribution in [-0.4, -0.2) is 41.7 Å². The topological polar surface area (TPSA) is 92.0 Å². The van der Waals surface area contributed by atoms with Gasteiger partial charge < -0.3 is 24.1 Å². The quantitative estimate of drug-likeness (QED) is 0.184. The molecule has 1 aromatic heterocycles. The predicted octanol–water partition coefficient (Wildman–Crippen LogP) is 6.92. The Kier molecular flexibility index (Phi) is 8.41. The molecule has 0 saturated carbocycles. The van der Waals surface area contributed by atoms with Gasteiger partial charge in [0.25, 0.3) is 0 Å². The summed E-state index contributed by atoms with van der Waals surface area (Å²) in [6, 6.07) is 29.8. The molecule has 1 heterocycles. The van der Waals surface area contributed by atoms with E-state index in [-0.39, 0.29) is 0 Å². The highest BCUT2D eigenvalue weighted by molar-refractivity contribution is 6.30. The van der Waals surface area contributed by atoms with Gasteiger partial charge in [0.05, 0.1) is 31.3 Å². The van der Waals surface area contributed by atoms with Gasteiger partial charge >= 0.3 is 5.97 Å². The summed E-state index contributed by atoms with van der Waals surface area (Å²) in [6.07, 6.45) is 0. The van der Waals surface area contributed by atoms with Crippen LogP contribution in [0.2, 0.25) is 5.02 Å². The average Bonchev–Trinajstić information content (AvgIpc) is 3.44. The second-order valence-corrected chi connectivity index (χ2v) is 9.40. The Balaban J connectivity index is 1.65. The number of aromatic nitrogens is 2. The molecule has 41 heavy (non-hydrogen) atoms. The molecule has 9 heteroatoms. The Bertz CT molecular complexity index is 1650. The fraction of sp³-hybridized carbons (Fsp3) is 0.125. The molecular weight excluding hydrogens is 544 g/mol. The van der Waals surface area contributed by atoms with Gasteiger partial charge in [-0.2, -0.15) is 5.10 Å². The zero-order chi connectivity index (χ0) is 28.8. The fourth-order valence-corrected chi connectivity index (χ4v) is 4.50. The largest absolute Gasteiger partial charge is 0.493 e. The number of benzene rings is 4. The first kappa shape index (κ1) is 27.6. The van der Waals surface area contributed by atoms with Crippen LogP contribution in [0.25, 0.3) is 28.2 Å². The number of carboxylic acid groups (broad SMARTS) is 1. The summed E-state index contributed by atoms with van der Waals surface area (Å²) in [5.41, 5.74) is 4.31. The Labute approximate surface area is 242 Å². The van der Waals surface area contributed by atoms with E-state index in [0.717, 1.165) is 16.8 Å². The Morgan fingerprint density at radius 2 is 1.61 bits per heavy atom. The highest BCUT2D eigenvalue weighted by Crippen LogP contribution is 2.42. The zero-order valence-electron chi connectivity index (χ0n) is 22.4. The maximum absolute atomic E-state index is 11.3. The number of nitrogens with zero attached hydrogens (tertiary/aromatic N) is 2. The third kappa shape index (κ3) is 6.28. The number of hydrogen-bond acceptors (Lipinski definition) is 6. The van der Waals surface area contributed by atoms with Gasteiger partial charge in [-0.1, -0.05) is 48.0 Å². The summed E-state index contributed by atoms with van der Waals surface area (Å²) in [5.74, 6) is 0.947. The number of methoxy groups -OCH3 is 2. The molecule has 0 fully saturated rings. The molecule has 0 spiro atoms. The minimum Gasteiger partial charge on any atom is -0.493 e. The van der Waals surface area contributed by atoms with Gasteiger partial charge in [0.15, 0.2) is 18.1 Å². The van der Waals surface area contributed by atoms with Crippen molar-refractivity contribution in [3.63, 3.8) is 0 Å². The van der Waals surface area contributed by atoms with E-state index in [1.807, 2.05) is 66.7 Å². The van der Waals surface area contributed by atoms with Crippen molar-refractivity contribution in [1.29, 1.82) is 0 Å². The van der Waals surface area contributed by atoms with Crippen molar-refractivity contribution in [2.45, 2.75) is 6.61 Å². The smallest absolute Gasteiger partial charge is 0.341 e. The number of para-hydroxylation sites is 1. The first-order valence-electron chi connectivity index (χ1n) is 12.7. The van der Waals surface area contributed by atoms with Crippen LogP contribution in [0.1, 0.15) is 5.56 Å². The molecule has 0 bridgehead atoms. The molecule has 4 aromatic carbocycles. The fourth-order valence-electron chi connectivity index (χ4n) is 4.38. The molecule has 5 aromatic rings. The van der Waals surface area contributed by atoms with Crippen molar-refractivity contribution in [2.75, 3.05) is 20.8 Å². The van der Waals surface area contributed by atoms with Crippen molar-refractivity contribution < 1.29 is 28.8 Å². The standard InChI is InChI=1S/C32H27ClN2O6/c1-38-30-10-6-9-25(32(30)39-2)28-18-27(34-35(28)23-13-11-22(33)12-14-23)26-17-24(15-16-29(26)41-20-31(36)37)40-19-21-7-4-3-5-8-21/h3-18H,19-20H2,1-2H3,(H,36,37). The normalized spacial score (nSPS) is 10.7. The van der Waals surface area contributed by atoms with E-state index in [1.165, 1.54) is 0 Å². The molecule has 0 aliphatic rings. The summed E-state index contributed by atoms with van der Waals surface area (Å²) < 4.78 is 24.8. The van der Waals surface area contributed by atoms with Crippen LogP contribution in [-0.2, 0) is 11.4 Å². The monoisotopic (exact) mass is 570 g/mol. The van der Waals surface area contributed by atoms with Crippen LogP contribution >= 0.6 is 11.6 Å². The number of halogens is 1. The molecule has 0 unspecified atom stereocenters. The number of carbonyl (C=O) groups is 1. The Morgan fingerprint density at radius 1 is 0.829 bits per heavy atom. The molecule has 208 valence electrons. The Hall–Kier alpha value is -4.95. The van der Waals surface area contributed by atoms with Gasteiger partial charge in [-0.05, 0) is 66.2 Å². The average molecular weight is 571 g/mol. The molecule has 0 saturated heterocycles. The molecule has 8 nitrogen and oxygen atoms in total. The van der Waals surface area contributed by atoms with Crippen LogP contribution < -0.4 is 18.9 Å². The van der Waals surface area contributed by atoms with Crippen molar-refractivity contribution in [3.8, 4) is 51.2 Å². The first-order chi connectivity index (χ1) is 20.0. The summed E-state index contributed by atoms with van der Waals surface area (Å²) in [4.78, 5) is 11.3. The Morgan fingerprint density at radius 3 is 2.32 bits per heavy atom. The molecular formula is C32H27ClN2O6. The maximum Gasteiger partial charge on any atom is 0.341 e. The second-order valence-electron chi connectivity index (χ2n) is 8.96. The lowest BCUT2D eigenvalue weighted by atomic mass is 10.1. The van der Waals surface area contributed by atoms with E-state index in [9.17, 15) is 9.90 Å². The van der Waals surface area contributed by atoms with Crippen molar-refractivity contribution >= 4 is 17.6 Å². The predicted molar refractivity (Wildman–Crippen MR) is 156 cm³/mol. The van der Waals surface area contributed by atoms with E-state index in [4.69, 9.17) is 35.6 Å². The highest BCUT2D eigenvalue weighted by atomic mass is 35.5. The lowest BCUT2D eigenvalue weighted by Crippen LogP contribution is -2.10. The van der Waals surface area contributed by atoms with Crippen molar-refractivity contribution in [3.05, 3.63) is 108 Å². The summed E-state index contributed by atoms with van der Waals surface area (Å²) in [6.45, 7) is -0.146. The molecule has 0 amide bonds. The van der Waals surface area contributed by atoms with Gasteiger partial charge in [0, 0.05) is 16.1 Å². The number of rotatable bonds is 11. The van der Waals surface area contributed by atoms with Gasteiger partial charge in [0.2, 0.25) is 0 Å². The van der Waals surface area contributed by atoms with E-state index < -0.39 is 12.6 Å². The summed E-state index contributed by atoms with van der Waals surface area (Å²) >= 11 is 6.17. The second kappa shape index (κ2) is 12.5. The summed E-state index contributed by atoms with van der Waals surface area (Å²) in [7, 11) is 3.16.